The number of halogens is 2. The van der Waals surface area contributed by atoms with Crippen molar-refractivity contribution in [2.45, 2.75) is 13.3 Å². The van der Waals surface area contributed by atoms with E-state index in [0.717, 1.165) is 9.99 Å². The van der Waals surface area contributed by atoms with E-state index in [1.165, 1.54) is 4.90 Å². The van der Waals surface area contributed by atoms with Crippen LogP contribution in [0, 0.1) is 3.57 Å². The lowest BCUT2D eigenvalue weighted by Crippen LogP contribution is -2.36. The monoisotopic (exact) mass is 425 g/mol. The summed E-state index contributed by atoms with van der Waals surface area (Å²) < 4.78 is 1.62. The van der Waals surface area contributed by atoms with Crippen molar-refractivity contribution in [2.24, 2.45) is 0 Å². The summed E-state index contributed by atoms with van der Waals surface area (Å²) in [5.74, 6) is -1.26. The SMILES string of the molecule is CCCN(CC(=O)O)C(=O)c1cc(I)ccc1Br. The number of rotatable bonds is 5. The Morgan fingerprint density at radius 3 is 2.67 bits per heavy atom. The first-order valence-electron chi connectivity index (χ1n) is 5.41. The molecule has 1 N–H and O–H groups in total. The molecule has 1 aromatic rings. The minimum Gasteiger partial charge on any atom is -0.480 e. The van der Waals surface area contributed by atoms with Gasteiger partial charge < -0.3 is 10.0 Å². The maximum atomic E-state index is 12.3. The molecule has 0 aliphatic carbocycles. The molecule has 98 valence electrons. The summed E-state index contributed by atoms with van der Waals surface area (Å²) in [4.78, 5) is 24.4. The summed E-state index contributed by atoms with van der Waals surface area (Å²) in [6, 6.07) is 5.42. The number of amides is 1. The van der Waals surface area contributed by atoms with Gasteiger partial charge in [0.05, 0.1) is 5.56 Å². The predicted octanol–water partition coefficient (Wildman–Crippen LogP) is 2.99. The molecule has 0 aliphatic heterocycles. The highest BCUT2D eigenvalue weighted by Gasteiger charge is 2.20. The number of carbonyl (C=O) groups is 2. The number of aliphatic carboxylic acids is 1. The third-order valence-corrected chi connectivity index (χ3v) is 3.63. The zero-order valence-corrected chi connectivity index (χ0v) is 13.6. The Labute approximate surface area is 128 Å². The number of hydrogen-bond donors (Lipinski definition) is 1. The van der Waals surface area contributed by atoms with Crippen molar-refractivity contribution in [2.75, 3.05) is 13.1 Å². The van der Waals surface area contributed by atoms with Crippen LogP contribution in [-0.4, -0.2) is 35.0 Å². The molecule has 0 bridgehead atoms. The molecular formula is C12H13BrINO3. The molecule has 0 radical (unpaired) electrons. The average Bonchev–Trinajstić information content (AvgIpc) is 2.30. The van der Waals surface area contributed by atoms with E-state index >= 15 is 0 Å². The second kappa shape index (κ2) is 7.08. The summed E-state index contributed by atoms with van der Waals surface area (Å²) >= 11 is 5.44. The van der Waals surface area contributed by atoms with Crippen molar-refractivity contribution in [1.82, 2.24) is 4.90 Å². The van der Waals surface area contributed by atoms with Crippen LogP contribution < -0.4 is 0 Å². The molecule has 0 unspecified atom stereocenters. The summed E-state index contributed by atoms with van der Waals surface area (Å²) in [6.07, 6.45) is 0.723. The fourth-order valence-corrected chi connectivity index (χ4v) is 2.42. The minimum absolute atomic E-state index is 0.260. The van der Waals surface area contributed by atoms with Gasteiger partial charge in [0.2, 0.25) is 0 Å². The van der Waals surface area contributed by atoms with Gasteiger partial charge in [-0.25, -0.2) is 0 Å². The first kappa shape index (κ1) is 15.4. The molecule has 0 heterocycles. The molecule has 4 nitrogen and oxygen atoms in total. The van der Waals surface area contributed by atoms with E-state index in [1.807, 2.05) is 13.0 Å². The van der Waals surface area contributed by atoms with Crippen LogP contribution in [0.2, 0.25) is 0 Å². The van der Waals surface area contributed by atoms with Crippen LogP contribution in [0.1, 0.15) is 23.7 Å². The van der Waals surface area contributed by atoms with E-state index in [1.54, 1.807) is 12.1 Å². The Hall–Kier alpha value is -0.630. The summed E-state index contributed by atoms with van der Waals surface area (Å²) in [5.41, 5.74) is 0.497. The van der Waals surface area contributed by atoms with E-state index in [0.29, 0.717) is 16.6 Å². The summed E-state index contributed by atoms with van der Waals surface area (Å²) in [7, 11) is 0. The fourth-order valence-electron chi connectivity index (χ4n) is 1.52. The fraction of sp³-hybridized carbons (Fsp3) is 0.333. The van der Waals surface area contributed by atoms with E-state index in [4.69, 9.17) is 5.11 Å². The number of carboxylic acid groups (broad SMARTS) is 1. The smallest absolute Gasteiger partial charge is 0.323 e. The van der Waals surface area contributed by atoms with Crippen molar-refractivity contribution in [3.8, 4) is 0 Å². The Bertz CT molecular complexity index is 465. The minimum atomic E-state index is -1.00. The molecule has 1 rings (SSSR count). The molecule has 1 amide bonds. The second-order valence-electron chi connectivity index (χ2n) is 3.74. The van der Waals surface area contributed by atoms with Gasteiger partial charge >= 0.3 is 5.97 Å². The molecule has 1 aromatic carbocycles. The van der Waals surface area contributed by atoms with Gasteiger partial charge in [-0.05, 0) is 63.1 Å². The third-order valence-electron chi connectivity index (χ3n) is 2.27. The quantitative estimate of drug-likeness (QED) is 0.738. The first-order valence-corrected chi connectivity index (χ1v) is 7.29. The molecule has 0 atom stereocenters. The number of carboxylic acids is 1. The molecular weight excluding hydrogens is 413 g/mol. The van der Waals surface area contributed by atoms with Crippen LogP contribution in [0.4, 0.5) is 0 Å². The highest BCUT2D eigenvalue weighted by Crippen LogP contribution is 2.21. The van der Waals surface area contributed by atoms with Crippen molar-refractivity contribution < 1.29 is 14.7 Å². The molecule has 18 heavy (non-hydrogen) atoms. The van der Waals surface area contributed by atoms with Gasteiger partial charge in [-0.3, -0.25) is 9.59 Å². The number of hydrogen-bond acceptors (Lipinski definition) is 2. The Balaban J connectivity index is 3.01. The van der Waals surface area contributed by atoms with Gasteiger partial charge in [-0.15, -0.1) is 0 Å². The van der Waals surface area contributed by atoms with E-state index in [2.05, 4.69) is 38.5 Å². The van der Waals surface area contributed by atoms with Gasteiger partial charge in [-0.1, -0.05) is 6.92 Å². The number of benzene rings is 1. The van der Waals surface area contributed by atoms with Crippen molar-refractivity contribution in [3.63, 3.8) is 0 Å². The molecule has 0 saturated carbocycles. The van der Waals surface area contributed by atoms with E-state index in [9.17, 15) is 9.59 Å². The van der Waals surface area contributed by atoms with Crippen LogP contribution >= 0.6 is 38.5 Å². The van der Waals surface area contributed by atoms with Crippen LogP contribution in [0.25, 0.3) is 0 Å². The van der Waals surface area contributed by atoms with Gasteiger partial charge in [-0.2, -0.15) is 0 Å². The highest BCUT2D eigenvalue weighted by atomic mass is 127. The van der Waals surface area contributed by atoms with E-state index in [-0.39, 0.29) is 12.5 Å². The van der Waals surface area contributed by atoms with Gasteiger partial charge in [0, 0.05) is 14.6 Å². The molecule has 0 aliphatic rings. The Morgan fingerprint density at radius 1 is 1.44 bits per heavy atom. The molecule has 0 fully saturated rings. The zero-order chi connectivity index (χ0) is 13.7. The van der Waals surface area contributed by atoms with Gasteiger partial charge in [0.1, 0.15) is 6.54 Å². The lowest BCUT2D eigenvalue weighted by atomic mass is 10.2. The molecule has 0 aromatic heterocycles. The summed E-state index contributed by atoms with van der Waals surface area (Å²) in [5, 5.41) is 8.82. The van der Waals surface area contributed by atoms with E-state index < -0.39 is 5.97 Å². The molecule has 6 heteroatoms. The maximum Gasteiger partial charge on any atom is 0.323 e. The second-order valence-corrected chi connectivity index (χ2v) is 5.84. The van der Waals surface area contributed by atoms with Gasteiger partial charge in [0.15, 0.2) is 0 Å². The standard InChI is InChI=1S/C12H13BrINO3/c1-2-5-15(7-11(16)17)12(18)9-6-8(14)3-4-10(9)13/h3-4,6H,2,5,7H2,1H3,(H,16,17). The number of carbonyl (C=O) groups excluding carboxylic acids is 1. The zero-order valence-electron chi connectivity index (χ0n) is 9.82. The normalized spacial score (nSPS) is 10.2. The Morgan fingerprint density at radius 2 is 2.11 bits per heavy atom. The van der Waals surface area contributed by atoms with Crippen molar-refractivity contribution in [3.05, 3.63) is 31.8 Å². The highest BCUT2D eigenvalue weighted by molar-refractivity contribution is 14.1. The van der Waals surface area contributed by atoms with Crippen LogP contribution in [0.15, 0.2) is 22.7 Å². The van der Waals surface area contributed by atoms with Crippen molar-refractivity contribution >= 4 is 50.4 Å². The topological polar surface area (TPSA) is 57.6 Å². The average molecular weight is 426 g/mol. The largest absolute Gasteiger partial charge is 0.480 e. The van der Waals surface area contributed by atoms with Crippen LogP contribution in [0.3, 0.4) is 0 Å². The van der Waals surface area contributed by atoms with Gasteiger partial charge in [0.25, 0.3) is 5.91 Å². The van der Waals surface area contributed by atoms with Crippen molar-refractivity contribution in [1.29, 1.82) is 0 Å². The predicted molar refractivity (Wildman–Crippen MR) is 80.7 cm³/mol. The lowest BCUT2D eigenvalue weighted by molar-refractivity contribution is -0.137. The molecule has 0 saturated heterocycles. The maximum absolute atomic E-state index is 12.3. The van der Waals surface area contributed by atoms with Crippen LogP contribution in [-0.2, 0) is 4.79 Å². The third kappa shape index (κ3) is 4.24. The van der Waals surface area contributed by atoms with Crippen LogP contribution in [0.5, 0.6) is 0 Å². The molecule has 0 spiro atoms. The lowest BCUT2D eigenvalue weighted by Gasteiger charge is -2.20. The summed E-state index contributed by atoms with van der Waals surface area (Å²) in [6.45, 7) is 2.07. The first-order chi connectivity index (χ1) is 8.45. The Kier molecular flexibility index (Phi) is 6.07. The number of nitrogens with zero attached hydrogens (tertiary/aromatic N) is 1.